The molecule has 200 valence electrons. The zero-order valence-corrected chi connectivity index (χ0v) is 24.6. The van der Waals surface area contributed by atoms with Crippen LogP contribution in [0.1, 0.15) is 92.3 Å². The Hall–Kier alpha value is -3.19. The molecule has 3 rings (SSSR count). The smallest absolute Gasteiger partial charge is 0.0661 e. The molecule has 0 aromatic heterocycles. The van der Waals surface area contributed by atoms with Crippen LogP contribution in [-0.4, -0.2) is 5.71 Å². The van der Waals surface area contributed by atoms with Gasteiger partial charge in [0.1, 0.15) is 0 Å². The van der Waals surface area contributed by atoms with Crippen LogP contribution in [0.25, 0.3) is 11.3 Å². The van der Waals surface area contributed by atoms with Crippen LogP contribution in [0.4, 0.5) is 0 Å². The number of hydrogen-bond donors (Lipinski definition) is 0. The Bertz CT molecular complexity index is 1240. The largest absolute Gasteiger partial charge is 0.257 e. The Morgan fingerprint density at radius 1 is 0.868 bits per heavy atom. The number of unbranched alkanes of at least 4 members (excludes halogenated alkanes) is 2. The first-order valence-electron chi connectivity index (χ1n) is 14.4. The summed E-state index contributed by atoms with van der Waals surface area (Å²) in [6.45, 7) is 17.2. The summed E-state index contributed by atoms with van der Waals surface area (Å²) in [4.78, 5) is 5.29. The van der Waals surface area contributed by atoms with Crippen molar-refractivity contribution in [3.05, 3.63) is 118 Å². The SMILES string of the molecule is C=C(C)c1ccc(CCc2ccc(CC(C)C(CCCCC)=N/C(=C\C)c3ccc(C)cc3C)cc2)cc1. The molecule has 0 heterocycles. The summed E-state index contributed by atoms with van der Waals surface area (Å²) in [5.41, 5.74) is 12.8. The summed E-state index contributed by atoms with van der Waals surface area (Å²) in [7, 11) is 0. The second-order valence-corrected chi connectivity index (χ2v) is 11.0. The van der Waals surface area contributed by atoms with Crippen molar-refractivity contribution in [1.82, 2.24) is 0 Å². The van der Waals surface area contributed by atoms with Crippen molar-refractivity contribution in [2.75, 3.05) is 0 Å². The van der Waals surface area contributed by atoms with Gasteiger partial charge in [-0.2, -0.15) is 0 Å². The van der Waals surface area contributed by atoms with E-state index in [0.717, 1.165) is 37.0 Å². The number of nitrogens with zero attached hydrogens (tertiary/aromatic N) is 1. The van der Waals surface area contributed by atoms with Crippen molar-refractivity contribution >= 4 is 17.0 Å². The van der Waals surface area contributed by atoms with E-state index < -0.39 is 0 Å². The Balaban J connectivity index is 1.69. The molecule has 0 bridgehead atoms. The predicted octanol–water partition coefficient (Wildman–Crippen LogP) is 10.4. The molecule has 0 N–H and O–H groups in total. The van der Waals surface area contributed by atoms with E-state index in [-0.39, 0.29) is 0 Å². The van der Waals surface area contributed by atoms with Gasteiger partial charge in [0.2, 0.25) is 0 Å². The third kappa shape index (κ3) is 8.69. The second kappa shape index (κ2) is 14.7. The van der Waals surface area contributed by atoms with Crippen molar-refractivity contribution in [3.8, 4) is 0 Å². The van der Waals surface area contributed by atoms with Gasteiger partial charge in [0.05, 0.1) is 5.70 Å². The minimum Gasteiger partial charge on any atom is -0.257 e. The van der Waals surface area contributed by atoms with E-state index >= 15 is 0 Å². The maximum absolute atomic E-state index is 5.29. The highest BCUT2D eigenvalue weighted by atomic mass is 14.8. The van der Waals surface area contributed by atoms with E-state index in [2.05, 4.69) is 121 Å². The molecule has 3 aromatic rings. The zero-order chi connectivity index (χ0) is 27.5. The quantitative estimate of drug-likeness (QED) is 0.162. The van der Waals surface area contributed by atoms with Gasteiger partial charge >= 0.3 is 0 Å². The molecular weight excluding hydrogens is 458 g/mol. The van der Waals surface area contributed by atoms with Crippen LogP contribution in [0.2, 0.25) is 0 Å². The Morgan fingerprint density at radius 3 is 2.03 bits per heavy atom. The molecule has 1 atom stereocenters. The molecule has 1 nitrogen and oxygen atoms in total. The molecule has 38 heavy (non-hydrogen) atoms. The minimum atomic E-state index is 0.408. The van der Waals surface area contributed by atoms with Crippen LogP contribution in [0.5, 0.6) is 0 Å². The third-order valence-electron chi connectivity index (χ3n) is 7.51. The summed E-state index contributed by atoms with van der Waals surface area (Å²) in [6, 6.07) is 24.8. The average Bonchev–Trinajstić information content (AvgIpc) is 2.91. The minimum absolute atomic E-state index is 0.408. The number of hydrogen-bond acceptors (Lipinski definition) is 1. The van der Waals surface area contributed by atoms with E-state index in [1.54, 1.807) is 0 Å². The van der Waals surface area contributed by atoms with Crippen molar-refractivity contribution in [2.45, 2.75) is 86.5 Å². The standard InChI is InChI=1S/C37H47N/c1-8-10-11-12-37(38-36(9-2)35-24-13-28(5)25-29(35)6)30(7)26-33-18-16-31(17-19-33)14-15-32-20-22-34(23-21-32)27(3)4/h9,13,16-25,30H,3,8,10-12,14-15,26H2,1-2,4-7H3/b36-9-,38-37?. The highest BCUT2D eigenvalue weighted by Crippen LogP contribution is 2.25. The average molecular weight is 506 g/mol. The van der Waals surface area contributed by atoms with E-state index in [1.165, 1.54) is 63.9 Å². The summed E-state index contributed by atoms with van der Waals surface area (Å²) in [6.07, 6.45) is 10.1. The van der Waals surface area contributed by atoms with Crippen LogP contribution < -0.4 is 0 Å². The van der Waals surface area contributed by atoms with E-state index in [1.807, 2.05) is 0 Å². The van der Waals surface area contributed by atoms with Crippen molar-refractivity contribution in [2.24, 2.45) is 10.9 Å². The van der Waals surface area contributed by atoms with Crippen molar-refractivity contribution in [1.29, 1.82) is 0 Å². The van der Waals surface area contributed by atoms with Crippen LogP contribution in [0, 0.1) is 19.8 Å². The summed E-state index contributed by atoms with van der Waals surface area (Å²) in [5, 5.41) is 0. The fourth-order valence-corrected chi connectivity index (χ4v) is 5.06. The van der Waals surface area contributed by atoms with Gasteiger partial charge in [-0.25, -0.2) is 0 Å². The zero-order valence-electron chi connectivity index (χ0n) is 24.6. The van der Waals surface area contributed by atoms with Gasteiger partial charge in [-0.05, 0) is 93.5 Å². The summed E-state index contributed by atoms with van der Waals surface area (Å²) < 4.78 is 0. The lowest BCUT2D eigenvalue weighted by Crippen LogP contribution is -2.15. The molecule has 0 fully saturated rings. The summed E-state index contributed by atoms with van der Waals surface area (Å²) >= 11 is 0. The Morgan fingerprint density at radius 2 is 1.47 bits per heavy atom. The summed E-state index contributed by atoms with van der Waals surface area (Å²) in [5.74, 6) is 0.408. The Labute approximate surface area is 232 Å². The van der Waals surface area contributed by atoms with Gasteiger partial charge < -0.3 is 0 Å². The van der Waals surface area contributed by atoms with Gasteiger partial charge in [-0.15, -0.1) is 0 Å². The number of benzene rings is 3. The van der Waals surface area contributed by atoms with E-state index in [4.69, 9.17) is 4.99 Å². The molecular formula is C37H47N. The molecule has 1 heteroatoms. The molecule has 0 saturated heterocycles. The Kier molecular flexibility index (Phi) is 11.3. The first-order valence-corrected chi connectivity index (χ1v) is 14.4. The van der Waals surface area contributed by atoms with Crippen molar-refractivity contribution in [3.63, 3.8) is 0 Å². The molecule has 0 amide bonds. The fraction of sp³-hybridized carbons (Fsp3) is 0.378. The topological polar surface area (TPSA) is 12.4 Å². The monoisotopic (exact) mass is 505 g/mol. The van der Waals surface area contributed by atoms with Gasteiger partial charge in [0, 0.05) is 11.3 Å². The molecule has 1 unspecified atom stereocenters. The first-order chi connectivity index (χ1) is 18.3. The van der Waals surface area contributed by atoms with Crippen LogP contribution in [0.15, 0.2) is 84.4 Å². The molecule has 0 radical (unpaired) electrons. The molecule has 0 aliphatic heterocycles. The van der Waals surface area contributed by atoms with E-state index in [0.29, 0.717) is 5.92 Å². The second-order valence-electron chi connectivity index (χ2n) is 11.0. The number of rotatable bonds is 13. The van der Waals surface area contributed by atoms with Gasteiger partial charge in [0.25, 0.3) is 0 Å². The maximum atomic E-state index is 5.29. The van der Waals surface area contributed by atoms with Crippen LogP contribution >= 0.6 is 0 Å². The predicted molar refractivity (Wildman–Crippen MR) is 169 cm³/mol. The lowest BCUT2D eigenvalue weighted by atomic mass is 9.92. The third-order valence-corrected chi connectivity index (χ3v) is 7.51. The van der Waals surface area contributed by atoms with Gasteiger partial charge in [0.15, 0.2) is 0 Å². The number of aryl methyl sites for hydroxylation is 4. The lowest BCUT2D eigenvalue weighted by Gasteiger charge is -2.17. The molecule has 0 spiro atoms. The van der Waals surface area contributed by atoms with Crippen LogP contribution in [-0.2, 0) is 19.3 Å². The highest BCUT2D eigenvalue weighted by molar-refractivity contribution is 5.92. The number of allylic oxidation sites excluding steroid dienone is 2. The van der Waals surface area contributed by atoms with Crippen molar-refractivity contribution < 1.29 is 0 Å². The maximum Gasteiger partial charge on any atom is 0.0661 e. The fourth-order valence-electron chi connectivity index (χ4n) is 5.06. The molecule has 0 saturated carbocycles. The molecule has 0 aliphatic carbocycles. The van der Waals surface area contributed by atoms with Crippen LogP contribution in [0.3, 0.4) is 0 Å². The van der Waals surface area contributed by atoms with Gasteiger partial charge in [-0.3, -0.25) is 4.99 Å². The normalized spacial score (nSPS) is 13.0. The number of aliphatic imine (C=N–C) groups is 1. The molecule has 0 aliphatic rings. The lowest BCUT2D eigenvalue weighted by molar-refractivity contribution is 0.695. The highest BCUT2D eigenvalue weighted by Gasteiger charge is 2.14. The first kappa shape index (κ1) is 29.4. The van der Waals surface area contributed by atoms with E-state index in [9.17, 15) is 0 Å². The molecule has 3 aromatic carbocycles. The van der Waals surface area contributed by atoms with Gasteiger partial charge in [-0.1, -0.05) is 117 Å².